The van der Waals surface area contributed by atoms with Crippen molar-refractivity contribution in [3.05, 3.63) is 58.8 Å². The first kappa shape index (κ1) is 23.2. The molecule has 0 aliphatic heterocycles. The maximum atomic E-state index is 12.5. The Bertz CT molecular complexity index is 1020. The van der Waals surface area contributed by atoms with Crippen LogP contribution in [0.25, 0.3) is 16.7 Å². The fourth-order valence-corrected chi connectivity index (χ4v) is 2.83. The molecule has 2 aromatic heterocycles. The minimum Gasteiger partial charge on any atom is -0.370 e. The van der Waals surface area contributed by atoms with Gasteiger partial charge in [0.25, 0.3) is 0 Å². The average Bonchev–Trinajstić information content (AvgIpc) is 3.09. The first-order chi connectivity index (χ1) is 14.1. The highest BCUT2D eigenvalue weighted by atomic mass is 16.1. The Hall–Kier alpha value is -3.13. The highest BCUT2D eigenvalue weighted by Gasteiger charge is 2.17. The van der Waals surface area contributed by atoms with Crippen molar-refractivity contribution in [3.63, 3.8) is 0 Å². The van der Waals surface area contributed by atoms with Crippen molar-refractivity contribution in [3.8, 4) is 0 Å². The summed E-state index contributed by atoms with van der Waals surface area (Å²) in [5.41, 5.74) is 8.32. The van der Waals surface area contributed by atoms with E-state index in [9.17, 15) is 4.79 Å². The van der Waals surface area contributed by atoms with Crippen LogP contribution in [-0.2, 0) is 5.41 Å². The number of H-pyrrole nitrogens is 1. The highest BCUT2D eigenvalue weighted by Crippen LogP contribution is 2.24. The number of aromatic nitrogens is 3. The fourth-order valence-electron chi connectivity index (χ4n) is 2.83. The van der Waals surface area contributed by atoms with E-state index >= 15 is 0 Å². The topological polar surface area (TPSA) is 125 Å². The van der Waals surface area contributed by atoms with Gasteiger partial charge in [-0.15, -0.1) is 0 Å². The molecule has 0 spiro atoms. The third kappa shape index (κ3) is 6.45. The molecule has 0 saturated heterocycles. The van der Waals surface area contributed by atoms with Crippen molar-refractivity contribution in [2.24, 2.45) is 5.73 Å². The van der Waals surface area contributed by atoms with Gasteiger partial charge in [-0.25, -0.2) is 4.79 Å². The first-order valence-corrected chi connectivity index (χ1v) is 10.0. The molecule has 0 aromatic carbocycles. The van der Waals surface area contributed by atoms with Crippen LogP contribution in [-0.4, -0.2) is 40.1 Å². The zero-order chi connectivity index (χ0) is 22.3. The number of nitrogens with two attached hydrogens (primary N) is 1. The number of hydrogen-bond acceptors (Lipinski definition) is 4. The lowest BCUT2D eigenvalue weighted by Crippen LogP contribution is -2.32. The smallest absolute Gasteiger partial charge is 0.353 e. The summed E-state index contributed by atoms with van der Waals surface area (Å²) in [7, 11) is 0. The van der Waals surface area contributed by atoms with Crippen molar-refractivity contribution < 1.29 is 0 Å². The molecule has 0 aliphatic carbocycles. The van der Waals surface area contributed by atoms with Gasteiger partial charge in [-0.05, 0) is 37.6 Å². The van der Waals surface area contributed by atoms with Gasteiger partial charge in [0.1, 0.15) is 5.65 Å². The molecule has 2 rings (SSSR count). The predicted octanol–water partition coefficient (Wildman–Crippen LogP) is 2.46. The van der Waals surface area contributed by atoms with E-state index < -0.39 is 0 Å². The second kappa shape index (κ2) is 10.1. The summed E-state index contributed by atoms with van der Waals surface area (Å²) in [6.07, 6.45) is 8.30. The van der Waals surface area contributed by atoms with Gasteiger partial charge in [-0.3, -0.25) is 9.98 Å². The molecule has 0 fully saturated rings. The van der Waals surface area contributed by atoms with Gasteiger partial charge in [0.15, 0.2) is 5.96 Å². The van der Waals surface area contributed by atoms with Gasteiger partial charge in [-0.2, -0.15) is 4.98 Å². The van der Waals surface area contributed by atoms with Crippen LogP contribution in [0.1, 0.15) is 39.8 Å². The summed E-state index contributed by atoms with van der Waals surface area (Å²) in [6, 6.07) is 2.04. The Morgan fingerprint density at radius 1 is 1.37 bits per heavy atom. The van der Waals surface area contributed by atoms with Crippen molar-refractivity contribution in [2.75, 3.05) is 19.6 Å². The highest BCUT2D eigenvalue weighted by molar-refractivity contribution is 5.76. The van der Waals surface area contributed by atoms with Crippen molar-refractivity contribution in [1.82, 2.24) is 25.2 Å². The van der Waals surface area contributed by atoms with E-state index in [-0.39, 0.29) is 17.1 Å². The van der Waals surface area contributed by atoms with Crippen molar-refractivity contribution in [1.29, 1.82) is 5.41 Å². The lowest BCUT2D eigenvalue weighted by molar-refractivity contribution is 0.574. The molecule has 0 amide bonds. The summed E-state index contributed by atoms with van der Waals surface area (Å²) in [6.45, 7) is 14.2. The SMILES string of the molecule is C=C/C(=C\C=C(/C)n1cc2cc(C(C)(C)C)[nH]c2nc1=O)CNCCCNC(=N)N. The Kier molecular flexibility index (Phi) is 7.77. The van der Waals surface area contributed by atoms with E-state index in [2.05, 4.69) is 48.0 Å². The predicted molar refractivity (Wildman–Crippen MR) is 125 cm³/mol. The Labute approximate surface area is 177 Å². The van der Waals surface area contributed by atoms with Crippen LogP contribution in [0.15, 0.2) is 47.4 Å². The number of nitrogens with zero attached hydrogens (tertiary/aromatic N) is 2. The zero-order valence-corrected chi connectivity index (χ0v) is 18.3. The monoisotopic (exact) mass is 411 g/mol. The Morgan fingerprint density at radius 3 is 2.73 bits per heavy atom. The van der Waals surface area contributed by atoms with Crippen LogP contribution in [0.3, 0.4) is 0 Å². The van der Waals surface area contributed by atoms with Gasteiger partial charge in [0.2, 0.25) is 0 Å². The second-order valence-corrected chi connectivity index (χ2v) is 8.25. The second-order valence-electron chi connectivity index (χ2n) is 8.25. The molecule has 0 bridgehead atoms. The standard InChI is InChI=1S/C22H33N7O/c1-6-16(13-25-10-7-11-26-20(23)24)9-8-15(2)29-14-17-12-18(22(3,4)5)27-19(17)28-21(29)30/h6,8-9,12,14,25H,1,7,10-11,13H2,2-5H3,(H4,23,24,26)(H,27,28,30)/b15-8+,16-9+. The van der Waals surface area contributed by atoms with Crippen molar-refractivity contribution >= 4 is 22.7 Å². The molecule has 0 atom stereocenters. The van der Waals surface area contributed by atoms with E-state index in [0.717, 1.165) is 35.3 Å². The van der Waals surface area contributed by atoms with Crippen LogP contribution in [0.4, 0.5) is 0 Å². The molecular formula is C22H33N7O. The lowest BCUT2D eigenvalue weighted by Gasteiger charge is -2.15. The third-order valence-electron chi connectivity index (χ3n) is 4.67. The fraction of sp³-hybridized carbons (Fsp3) is 0.409. The molecule has 0 aliphatic rings. The minimum absolute atomic E-state index is 0.0144. The van der Waals surface area contributed by atoms with E-state index in [1.807, 2.05) is 31.3 Å². The third-order valence-corrected chi connectivity index (χ3v) is 4.67. The number of allylic oxidation sites excluding steroid dienone is 3. The van der Waals surface area contributed by atoms with Crippen LogP contribution < -0.4 is 22.1 Å². The van der Waals surface area contributed by atoms with Gasteiger partial charge < -0.3 is 21.4 Å². The lowest BCUT2D eigenvalue weighted by atomic mass is 9.92. The molecule has 30 heavy (non-hydrogen) atoms. The number of guanidine groups is 1. The van der Waals surface area contributed by atoms with Crippen LogP contribution in [0.2, 0.25) is 0 Å². The van der Waals surface area contributed by atoms with Crippen molar-refractivity contribution in [2.45, 2.75) is 39.5 Å². The number of nitrogens with one attached hydrogen (secondary N) is 4. The normalized spacial score (nSPS) is 12.9. The number of fused-ring (bicyclic) bond motifs is 1. The summed E-state index contributed by atoms with van der Waals surface area (Å²) < 4.78 is 1.56. The number of aromatic amines is 1. The summed E-state index contributed by atoms with van der Waals surface area (Å²) in [5, 5.41) is 14.1. The largest absolute Gasteiger partial charge is 0.370 e. The quantitative estimate of drug-likeness (QED) is 0.188. The molecular weight excluding hydrogens is 378 g/mol. The van der Waals surface area contributed by atoms with E-state index in [0.29, 0.717) is 18.7 Å². The van der Waals surface area contributed by atoms with Crippen LogP contribution in [0.5, 0.6) is 0 Å². The van der Waals surface area contributed by atoms with Crippen LogP contribution in [0, 0.1) is 5.41 Å². The molecule has 2 aromatic rings. The average molecular weight is 412 g/mol. The molecule has 162 valence electrons. The molecule has 0 saturated carbocycles. The first-order valence-electron chi connectivity index (χ1n) is 10.0. The van der Waals surface area contributed by atoms with E-state index in [4.69, 9.17) is 11.1 Å². The maximum Gasteiger partial charge on any atom is 0.353 e. The molecule has 2 heterocycles. The Balaban J connectivity index is 2.09. The summed E-state index contributed by atoms with van der Waals surface area (Å²) in [4.78, 5) is 19.9. The van der Waals surface area contributed by atoms with Gasteiger partial charge in [0, 0.05) is 41.5 Å². The zero-order valence-electron chi connectivity index (χ0n) is 18.3. The van der Waals surface area contributed by atoms with Gasteiger partial charge >= 0.3 is 5.69 Å². The van der Waals surface area contributed by atoms with E-state index in [1.54, 1.807) is 10.6 Å². The number of hydrogen-bond donors (Lipinski definition) is 5. The minimum atomic E-state index is -0.316. The summed E-state index contributed by atoms with van der Waals surface area (Å²) >= 11 is 0. The van der Waals surface area contributed by atoms with E-state index in [1.165, 1.54) is 0 Å². The molecule has 8 heteroatoms. The molecule has 6 N–H and O–H groups in total. The Morgan fingerprint density at radius 2 is 2.10 bits per heavy atom. The maximum absolute atomic E-state index is 12.5. The van der Waals surface area contributed by atoms with Gasteiger partial charge in [-0.1, -0.05) is 39.5 Å². The number of rotatable bonds is 9. The molecule has 0 radical (unpaired) electrons. The van der Waals surface area contributed by atoms with Gasteiger partial charge in [0.05, 0.1) is 0 Å². The van der Waals surface area contributed by atoms with Crippen LogP contribution >= 0.6 is 0 Å². The molecule has 0 unspecified atom stereocenters. The summed E-state index contributed by atoms with van der Waals surface area (Å²) in [5.74, 6) is -0.0144. The molecule has 8 nitrogen and oxygen atoms in total.